The largest absolute Gasteiger partial charge is 0.378 e. The molecule has 2 aliphatic heterocycles. The molecule has 26 heavy (non-hydrogen) atoms. The topological polar surface area (TPSA) is 61.4 Å². The van der Waals surface area contributed by atoms with Crippen molar-refractivity contribution in [3.8, 4) is 0 Å². The van der Waals surface area contributed by atoms with Crippen molar-refractivity contribution in [3.05, 3.63) is 65.2 Å². The van der Waals surface area contributed by atoms with Crippen molar-refractivity contribution < 1.29 is 9.59 Å². The first-order valence-corrected chi connectivity index (χ1v) is 9.17. The number of benzene rings is 2. The second-order valence-electron chi connectivity index (χ2n) is 6.98. The zero-order valence-electron chi connectivity index (χ0n) is 14.7. The van der Waals surface area contributed by atoms with Gasteiger partial charge in [-0.15, -0.1) is 0 Å². The lowest BCUT2D eigenvalue weighted by Crippen LogP contribution is -2.50. The molecule has 0 saturated carbocycles. The second kappa shape index (κ2) is 7.20. The highest BCUT2D eigenvalue weighted by molar-refractivity contribution is 5.87. The molecule has 1 atom stereocenters. The Labute approximate surface area is 153 Å². The van der Waals surface area contributed by atoms with E-state index in [2.05, 4.69) is 47.0 Å². The Morgan fingerprint density at radius 2 is 2.00 bits per heavy atom. The van der Waals surface area contributed by atoms with Crippen molar-refractivity contribution in [1.29, 1.82) is 0 Å². The molecule has 4 rings (SSSR count). The van der Waals surface area contributed by atoms with Gasteiger partial charge in [0.05, 0.1) is 19.0 Å². The van der Waals surface area contributed by atoms with E-state index < -0.39 is 0 Å². The number of nitrogens with zero attached hydrogens (tertiary/aromatic N) is 1. The summed E-state index contributed by atoms with van der Waals surface area (Å²) >= 11 is 0. The van der Waals surface area contributed by atoms with Crippen molar-refractivity contribution in [2.45, 2.75) is 25.3 Å². The smallest absolute Gasteiger partial charge is 0.239 e. The summed E-state index contributed by atoms with van der Waals surface area (Å²) < 4.78 is 0. The highest BCUT2D eigenvalue weighted by Gasteiger charge is 2.23. The molecule has 2 amide bonds. The summed E-state index contributed by atoms with van der Waals surface area (Å²) in [5.41, 5.74) is 4.73. The normalized spacial score (nSPS) is 19.3. The molecule has 2 aromatic rings. The highest BCUT2D eigenvalue weighted by Crippen LogP contribution is 2.33. The lowest BCUT2D eigenvalue weighted by atomic mass is 9.92. The van der Waals surface area contributed by atoms with Gasteiger partial charge in [-0.1, -0.05) is 42.5 Å². The van der Waals surface area contributed by atoms with Crippen LogP contribution < -0.4 is 10.6 Å². The predicted octanol–water partition coefficient (Wildman–Crippen LogP) is 2.29. The van der Waals surface area contributed by atoms with Gasteiger partial charge in [-0.2, -0.15) is 0 Å². The van der Waals surface area contributed by atoms with Gasteiger partial charge in [0.1, 0.15) is 0 Å². The van der Waals surface area contributed by atoms with Crippen LogP contribution in [0.2, 0.25) is 0 Å². The van der Waals surface area contributed by atoms with Crippen molar-refractivity contribution in [2.24, 2.45) is 0 Å². The summed E-state index contributed by atoms with van der Waals surface area (Å²) in [4.78, 5) is 25.5. The number of rotatable bonds is 3. The Kier molecular flexibility index (Phi) is 4.61. The Morgan fingerprint density at radius 3 is 2.81 bits per heavy atom. The van der Waals surface area contributed by atoms with Crippen molar-refractivity contribution in [3.63, 3.8) is 0 Å². The molecule has 1 saturated heterocycles. The fourth-order valence-corrected chi connectivity index (χ4v) is 3.74. The fraction of sp³-hybridized carbons (Fsp3) is 0.333. The van der Waals surface area contributed by atoms with E-state index in [4.69, 9.17) is 0 Å². The first-order valence-electron chi connectivity index (χ1n) is 9.17. The standard InChI is InChI=1S/C21H23N3O2/c25-20-14-24(11-10-22-20)21(26)13-15-6-8-19-17(12-15)7-9-18(23-19)16-4-2-1-3-5-16/h1-6,8,12,18,23H,7,9-11,13-14H2,(H,22,25). The van der Waals surface area contributed by atoms with Gasteiger partial charge in [-0.3, -0.25) is 9.59 Å². The van der Waals surface area contributed by atoms with Crippen LogP contribution in [0.15, 0.2) is 48.5 Å². The van der Waals surface area contributed by atoms with E-state index in [1.54, 1.807) is 4.90 Å². The molecule has 0 bridgehead atoms. The Balaban J connectivity index is 1.43. The molecule has 1 fully saturated rings. The van der Waals surface area contributed by atoms with E-state index in [1.807, 2.05) is 12.1 Å². The minimum absolute atomic E-state index is 0.0192. The number of hydrogen-bond donors (Lipinski definition) is 2. The molecule has 2 aliphatic rings. The van der Waals surface area contributed by atoms with Gasteiger partial charge in [-0.25, -0.2) is 0 Å². The summed E-state index contributed by atoms with van der Waals surface area (Å²) in [6.07, 6.45) is 2.39. The third-order valence-electron chi connectivity index (χ3n) is 5.15. The van der Waals surface area contributed by atoms with E-state index in [9.17, 15) is 9.59 Å². The maximum absolute atomic E-state index is 12.4. The van der Waals surface area contributed by atoms with Crippen molar-refractivity contribution in [2.75, 3.05) is 25.0 Å². The molecular weight excluding hydrogens is 326 g/mol. The lowest BCUT2D eigenvalue weighted by molar-refractivity contribution is -0.137. The molecule has 134 valence electrons. The van der Waals surface area contributed by atoms with Gasteiger partial charge in [0.15, 0.2) is 0 Å². The van der Waals surface area contributed by atoms with Crippen LogP contribution in [0.5, 0.6) is 0 Å². The number of fused-ring (bicyclic) bond motifs is 1. The van der Waals surface area contributed by atoms with E-state index in [1.165, 1.54) is 11.1 Å². The number of aryl methyl sites for hydroxylation is 1. The predicted molar refractivity (Wildman–Crippen MR) is 101 cm³/mol. The maximum atomic E-state index is 12.4. The van der Waals surface area contributed by atoms with Crippen LogP contribution in [0.25, 0.3) is 0 Å². The average molecular weight is 349 g/mol. The summed E-state index contributed by atoms with van der Waals surface area (Å²) in [7, 11) is 0. The minimum Gasteiger partial charge on any atom is -0.378 e. The molecule has 0 spiro atoms. The molecule has 0 aromatic heterocycles. The molecule has 1 unspecified atom stereocenters. The van der Waals surface area contributed by atoms with E-state index in [0.29, 0.717) is 25.6 Å². The molecule has 0 radical (unpaired) electrons. The van der Waals surface area contributed by atoms with Crippen LogP contribution in [-0.2, 0) is 22.4 Å². The quantitative estimate of drug-likeness (QED) is 0.894. The van der Waals surface area contributed by atoms with Gasteiger partial charge < -0.3 is 15.5 Å². The molecule has 2 N–H and O–H groups in total. The van der Waals surface area contributed by atoms with E-state index in [0.717, 1.165) is 24.1 Å². The second-order valence-corrected chi connectivity index (χ2v) is 6.98. The number of anilines is 1. The van der Waals surface area contributed by atoms with Crippen LogP contribution in [0, 0.1) is 0 Å². The number of amides is 2. The molecule has 0 aliphatic carbocycles. The number of nitrogens with one attached hydrogen (secondary N) is 2. The molecular formula is C21H23N3O2. The van der Waals surface area contributed by atoms with Crippen LogP contribution in [-0.4, -0.2) is 36.3 Å². The minimum atomic E-state index is -0.0776. The molecule has 5 heteroatoms. The third kappa shape index (κ3) is 3.57. The number of hydrogen-bond acceptors (Lipinski definition) is 3. The average Bonchev–Trinajstić information content (AvgIpc) is 2.68. The molecule has 2 aromatic carbocycles. The zero-order valence-corrected chi connectivity index (χ0v) is 14.7. The monoisotopic (exact) mass is 349 g/mol. The van der Waals surface area contributed by atoms with Crippen LogP contribution in [0.1, 0.15) is 29.2 Å². The Hall–Kier alpha value is -2.82. The van der Waals surface area contributed by atoms with Crippen LogP contribution in [0.4, 0.5) is 5.69 Å². The number of carbonyl (C=O) groups excluding carboxylic acids is 2. The zero-order chi connectivity index (χ0) is 17.9. The summed E-state index contributed by atoms with van der Waals surface area (Å²) in [6.45, 7) is 1.31. The van der Waals surface area contributed by atoms with Crippen LogP contribution >= 0.6 is 0 Å². The van der Waals surface area contributed by atoms with Gasteiger partial charge in [0, 0.05) is 18.8 Å². The first-order chi connectivity index (χ1) is 12.7. The summed E-state index contributed by atoms with van der Waals surface area (Å²) in [5.74, 6) is -0.0584. The van der Waals surface area contributed by atoms with Gasteiger partial charge in [0.2, 0.25) is 11.8 Å². The molecule has 5 nitrogen and oxygen atoms in total. The van der Waals surface area contributed by atoms with Crippen LogP contribution in [0.3, 0.4) is 0 Å². The maximum Gasteiger partial charge on any atom is 0.239 e. The molecule has 2 heterocycles. The Morgan fingerprint density at radius 1 is 1.15 bits per heavy atom. The van der Waals surface area contributed by atoms with Gasteiger partial charge >= 0.3 is 0 Å². The highest BCUT2D eigenvalue weighted by atomic mass is 16.2. The van der Waals surface area contributed by atoms with Crippen molar-refractivity contribution >= 4 is 17.5 Å². The SMILES string of the molecule is O=C1CN(C(=O)Cc2ccc3c(c2)CCC(c2ccccc2)N3)CCN1. The fourth-order valence-electron chi connectivity index (χ4n) is 3.74. The van der Waals surface area contributed by atoms with E-state index in [-0.39, 0.29) is 18.4 Å². The summed E-state index contributed by atoms with van der Waals surface area (Å²) in [6, 6.07) is 17.1. The first kappa shape index (κ1) is 16.6. The van der Waals surface area contributed by atoms with Crippen molar-refractivity contribution in [1.82, 2.24) is 10.2 Å². The van der Waals surface area contributed by atoms with Gasteiger partial charge in [0.25, 0.3) is 0 Å². The lowest BCUT2D eigenvalue weighted by Gasteiger charge is -2.29. The van der Waals surface area contributed by atoms with Gasteiger partial charge in [-0.05, 0) is 35.6 Å². The Bertz CT molecular complexity index is 819. The number of carbonyl (C=O) groups is 2. The van der Waals surface area contributed by atoms with E-state index >= 15 is 0 Å². The third-order valence-corrected chi connectivity index (χ3v) is 5.15. The summed E-state index contributed by atoms with van der Waals surface area (Å²) in [5, 5.41) is 6.36. The number of piperazine rings is 1.